The Balaban J connectivity index is 1.83. The summed E-state index contributed by atoms with van der Waals surface area (Å²) < 4.78 is 6.42. The Bertz CT molecular complexity index is 441. The van der Waals surface area contributed by atoms with Gasteiger partial charge in [0.05, 0.1) is 12.2 Å². The Kier molecular flexibility index (Phi) is 3.90. The number of aromatic nitrogens is 2. The summed E-state index contributed by atoms with van der Waals surface area (Å²) in [4.78, 5) is 21.7. The fourth-order valence-electron chi connectivity index (χ4n) is 1.56. The number of anilines is 1. The van der Waals surface area contributed by atoms with Crippen molar-refractivity contribution in [2.24, 2.45) is 0 Å². The molecule has 1 amide bonds. The Morgan fingerprint density at radius 3 is 2.94 bits per heavy atom. The van der Waals surface area contributed by atoms with Crippen molar-refractivity contribution >= 4 is 17.7 Å². The van der Waals surface area contributed by atoms with E-state index in [0.29, 0.717) is 5.82 Å². The SMILES string of the molecule is O=C(O)COCC(=O)Nc1ccnn1C1CNC1. The van der Waals surface area contributed by atoms with Gasteiger partial charge < -0.3 is 20.5 Å². The van der Waals surface area contributed by atoms with Crippen molar-refractivity contribution < 1.29 is 19.4 Å². The molecule has 0 unspecified atom stereocenters. The molecule has 1 saturated heterocycles. The van der Waals surface area contributed by atoms with Crippen LogP contribution < -0.4 is 10.6 Å². The molecule has 8 nitrogen and oxygen atoms in total. The van der Waals surface area contributed by atoms with Crippen LogP contribution in [-0.4, -0.2) is 53.1 Å². The molecular formula is C10H14N4O4. The van der Waals surface area contributed by atoms with Gasteiger partial charge in [0.15, 0.2) is 0 Å². The van der Waals surface area contributed by atoms with Gasteiger partial charge in [0.2, 0.25) is 0 Å². The summed E-state index contributed by atoms with van der Waals surface area (Å²) in [6, 6.07) is 1.93. The molecule has 0 bridgehead atoms. The number of aliphatic carboxylic acids is 1. The van der Waals surface area contributed by atoms with Crippen LogP contribution in [0, 0.1) is 0 Å². The lowest BCUT2D eigenvalue weighted by atomic mass is 10.2. The lowest BCUT2D eigenvalue weighted by molar-refractivity contribution is -0.143. The second kappa shape index (κ2) is 5.61. The van der Waals surface area contributed by atoms with E-state index in [1.807, 2.05) is 0 Å². The van der Waals surface area contributed by atoms with Gasteiger partial charge in [0.1, 0.15) is 19.0 Å². The number of nitrogens with zero attached hydrogens (tertiary/aromatic N) is 2. The van der Waals surface area contributed by atoms with Crippen LogP contribution >= 0.6 is 0 Å². The number of ether oxygens (including phenoxy) is 1. The molecule has 1 aromatic heterocycles. The second-order valence-corrected chi connectivity index (χ2v) is 3.91. The number of carboxylic acids is 1. The van der Waals surface area contributed by atoms with E-state index >= 15 is 0 Å². The maximum Gasteiger partial charge on any atom is 0.329 e. The van der Waals surface area contributed by atoms with Crippen molar-refractivity contribution in [1.82, 2.24) is 15.1 Å². The van der Waals surface area contributed by atoms with Gasteiger partial charge in [0.25, 0.3) is 5.91 Å². The third-order valence-electron chi connectivity index (χ3n) is 2.50. The average molecular weight is 254 g/mol. The van der Waals surface area contributed by atoms with Gasteiger partial charge in [0, 0.05) is 19.2 Å². The maximum absolute atomic E-state index is 11.5. The molecule has 98 valence electrons. The van der Waals surface area contributed by atoms with Crippen LogP contribution in [0.25, 0.3) is 0 Å². The summed E-state index contributed by atoms with van der Waals surface area (Å²) in [6.45, 7) is 0.861. The monoisotopic (exact) mass is 254 g/mol. The first-order valence-electron chi connectivity index (χ1n) is 5.50. The van der Waals surface area contributed by atoms with E-state index in [0.717, 1.165) is 13.1 Å². The molecule has 0 atom stereocenters. The summed E-state index contributed by atoms with van der Waals surface area (Å²) in [6.07, 6.45) is 1.60. The number of carboxylic acid groups (broad SMARTS) is 1. The van der Waals surface area contributed by atoms with Gasteiger partial charge in [-0.05, 0) is 0 Å². The van der Waals surface area contributed by atoms with E-state index in [1.54, 1.807) is 16.9 Å². The van der Waals surface area contributed by atoms with Crippen LogP contribution in [-0.2, 0) is 14.3 Å². The second-order valence-electron chi connectivity index (χ2n) is 3.91. The summed E-state index contributed by atoms with van der Waals surface area (Å²) in [7, 11) is 0. The van der Waals surface area contributed by atoms with Crippen LogP contribution in [0.15, 0.2) is 12.3 Å². The lowest BCUT2D eigenvalue weighted by Gasteiger charge is -2.28. The maximum atomic E-state index is 11.5. The van der Waals surface area contributed by atoms with Gasteiger partial charge >= 0.3 is 5.97 Å². The fourth-order valence-corrected chi connectivity index (χ4v) is 1.56. The van der Waals surface area contributed by atoms with Gasteiger partial charge in [-0.2, -0.15) is 5.10 Å². The third kappa shape index (κ3) is 3.05. The zero-order valence-corrected chi connectivity index (χ0v) is 9.63. The van der Waals surface area contributed by atoms with Crippen molar-refractivity contribution in [2.45, 2.75) is 6.04 Å². The predicted molar refractivity (Wildman–Crippen MR) is 61.2 cm³/mol. The predicted octanol–water partition coefficient (Wildman–Crippen LogP) is -0.933. The van der Waals surface area contributed by atoms with Crippen molar-refractivity contribution in [2.75, 3.05) is 31.6 Å². The standard InChI is InChI=1S/C10H14N4O4/c15-9(5-18-6-10(16)17)13-8-1-2-12-14(8)7-3-11-4-7/h1-2,7,11H,3-6H2,(H,13,15)(H,16,17). The van der Waals surface area contributed by atoms with E-state index in [1.165, 1.54) is 0 Å². The lowest BCUT2D eigenvalue weighted by Crippen LogP contribution is -2.44. The normalized spacial score (nSPS) is 15.1. The zero-order valence-electron chi connectivity index (χ0n) is 9.63. The highest BCUT2D eigenvalue weighted by Crippen LogP contribution is 2.17. The minimum Gasteiger partial charge on any atom is -0.480 e. The van der Waals surface area contributed by atoms with Gasteiger partial charge in [-0.1, -0.05) is 0 Å². The Labute approximate surface area is 103 Å². The molecule has 0 radical (unpaired) electrons. The van der Waals surface area contributed by atoms with E-state index < -0.39 is 18.5 Å². The molecule has 1 aliphatic heterocycles. The number of amides is 1. The first kappa shape index (κ1) is 12.5. The van der Waals surface area contributed by atoms with Crippen LogP contribution in [0.3, 0.4) is 0 Å². The molecule has 0 spiro atoms. The molecule has 18 heavy (non-hydrogen) atoms. The van der Waals surface area contributed by atoms with Crippen molar-refractivity contribution in [3.05, 3.63) is 12.3 Å². The molecule has 0 aromatic carbocycles. The molecule has 2 rings (SSSR count). The Hall–Kier alpha value is -1.93. The number of hydrogen-bond acceptors (Lipinski definition) is 5. The minimum atomic E-state index is -1.10. The van der Waals surface area contributed by atoms with Crippen molar-refractivity contribution in [1.29, 1.82) is 0 Å². The first-order chi connectivity index (χ1) is 8.66. The van der Waals surface area contributed by atoms with Crippen LogP contribution in [0.4, 0.5) is 5.82 Å². The van der Waals surface area contributed by atoms with E-state index in [9.17, 15) is 9.59 Å². The number of rotatable bonds is 6. The van der Waals surface area contributed by atoms with Crippen molar-refractivity contribution in [3.8, 4) is 0 Å². The molecule has 8 heteroatoms. The third-order valence-corrected chi connectivity index (χ3v) is 2.50. The molecule has 0 aliphatic carbocycles. The molecular weight excluding hydrogens is 240 g/mol. The average Bonchev–Trinajstić information content (AvgIpc) is 2.63. The van der Waals surface area contributed by atoms with Gasteiger partial charge in [-0.15, -0.1) is 0 Å². The Morgan fingerprint density at radius 1 is 1.56 bits per heavy atom. The minimum absolute atomic E-state index is 0.246. The summed E-state index contributed by atoms with van der Waals surface area (Å²) in [5.74, 6) is -0.913. The summed E-state index contributed by atoms with van der Waals surface area (Å²) >= 11 is 0. The highest BCUT2D eigenvalue weighted by atomic mass is 16.5. The molecule has 2 heterocycles. The quantitative estimate of drug-likeness (QED) is 0.605. The number of nitrogens with one attached hydrogen (secondary N) is 2. The highest BCUT2D eigenvalue weighted by molar-refractivity contribution is 5.91. The molecule has 1 aliphatic rings. The van der Waals surface area contributed by atoms with Crippen LogP contribution in [0.2, 0.25) is 0 Å². The number of hydrogen-bond donors (Lipinski definition) is 3. The van der Waals surface area contributed by atoms with Gasteiger partial charge in [-0.25, -0.2) is 9.48 Å². The number of carbonyl (C=O) groups is 2. The van der Waals surface area contributed by atoms with E-state index in [2.05, 4.69) is 15.7 Å². The topological polar surface area (TPSA) is 105 Å². The molecule has 1 fully saturated rings. The fraction of sp³-hybridized carbons (Fsp3) is 0.500. The first-order valence-corrected chi connectivity index (χ1v) is 5.50. The smallest absolute Gasteiger partial charge is 0.329 e. The summed E-state index contributed by atoms with van der Waals surface area (Å²) in [5, 5.41) is 18.2. The van der Waals surface area contributed by atoms with E-state index in [4.69, 9.17) is 9.84 Å². The van der Waals surface area contributed by atoms with Crippen molar-refractivity contribution in [3.63, 3.8) is 0 Å². The zero-order chi connectivity index (χ0) is 13.0. The van der Waals surface area contributed by atoms with Crippen LogP contribution in [0.5, 0.6) is 0 Å². The summed E-state index contributed by atoms with van der Waals surface area (Å²) in [5.41, 5.74) is 0. The van der Waals surface area contributed by atoms with Gasteiger partial charge in [-0.3, -0.25) is 4.79 Å². The van der Waals surface area contributed by atoms with Crippen LogP contribution in [0.1, 0.15) is 6.04 Å². The largest absolute Gasteiger partial charge is 0.480 e. The molecule has 1 aromatic rings. The number of carbonyl (C=O) groups excluding carboxylic acids is 1. The van der Waals surface area contributed by atoms with E-state index in [-0.39, 0.29) is 12.6 Å². The molecule has 3 N–H and O–H groups in total. The Morgan fingerprint density at radius 2 is 2.33 bits per heavy atom. The highest BCUT2D eigenvalue weighted by Gasteiger charge is 2.22. The molecule has 0 saturated carbocycles.